The predicted molar refractivity (Wildman–Crippen MR) is 74.6 cm³/mol. The van der Waals surface area contributed by atoms with Crippen molar-refractivity contribution in [2.24, 2.45) is 11.3 Å². The van der Waals surface area contributed by atoms with Gasteiger partial charge >= 0.3 is 0 Å². The second kappa shape index (κ2) is 5.00. The second-order valence-corrected chi connectivity index (χ2v) is 8.54. The van der Waals surface area contributed by atoms with E-state index >= 15 is 0 Å². The van der Waals surface area contributed by atoms with Crippen LogP contribution in [0.3, 0.4) is 0 Å². The Morgan fingerprint density at radius 3 is 2.59 bits per heavy atom. The molecule has 0 aromatic rings. The maximum Gasteiger partial charge on any atom is 0.0504 e. The third-order valence-electron chi connectivity index (χ3n) is 4.66. The summed E-state index contributed by atoms with van der Waals surface area (Å²) in [5.74, 6) is 1.61. The fraction of sp³-hybridized carbons (Fsp3) is 1.00. The van der Waals surface area contributed by atoms with Crippen LogP contribution in [-0.2, 0) is 10.8 Å². The van der Waals surface area contributed by atoms with Gasteiger partial charge in [0, 0.05) is 28.6 Å². The van der Waals surface area contributed by atoms with Crippen molar-refractivity contribution in [2.75, 3.05) is 5.75 Å². The average molecular weight is 257 g/mol. The third-order valence-corrected chi connectivity index (χ3v) is 6.59. The maximum absolute atomic E-state index is 12.3. The molecular formula is C14H27NOS. The molecule has 1 N–H and O–H groups in total. The van der Waals surface area contributed by atoms with Gasteiger partial charge in [-0.2, -0.15) is 0 Å². The molecule has 1 heterocycles. The van der Waals surface area contributed by atoms with Crippen molar-refractivity contribution < 1.29 is 4.21 Å². The van der Waals surface area contributed by atoms with Crippen LogP contribution in [-0.4, -0.2) is 27.3 Å². The summed E-state index contributed by atoms with van der Waals surface area (Å²) in [4.78, 5) is 0. The molecule has 1 saturated carbocycles. The standard InChI is InChI=1S/C14H27NOS/c1-5-11-9-17(16)13-8-10(14(2,3)4)6-7-12(13)15-11/h10-13,15H,5-9H2,1-4H3. The van der Waals surface area contributed by atoms with Crippen LogP contribution in [0, 0.1) is 11.3 Å². The first-order chi connectivity index (χ1) is 7.91. The molecular weight excluding hydrogens is 230 g/mol. The Balaban J connectivity index is 2.04. The average Bonchev–Trinajstić information content (AvgIpc) is 2.27. The minimum atomic E-state index is -0.605. The molecule has 0 bridgehead atoms. The van der Waals surface area contributed by atoms with Gasteiger partial charge in [-0.05, 0) is 37.0 Å². The van der Waals surface area contributed by atoms with Gasteiger partial charge < -0.3 is 5.32 Å². The summed E-state index contributed by atoms with van der Waals surface area (Å²) in [6.45, 7) is 9.17. The Hall–Kier alpha value is 0.110. The van der Waals surface area contributed by atoms with E-state index in [1.54, 1.807) is 0 Å². The lowest BCUT2D eigenvalue weighted by Gasteiger charge is -2.45. The number of hydrogen-bond acceptors (Lipinski definition) is 2. The molecule has 3 heteroatoms. The van der Waals surface area contributed by atoms with Gasteiger partial charge in [-0.3, -0.25) is 4.21 Å². The minimum Gasteiger partial charge on any atom is -0.309 e. The monoisotopic (exact) mass is 257 g/mol. The summed E-state index contributed by atoms with van der Waals surface area (Å²) in [5.41, 5.74) is 0.372. The highest BCUT2D eigenvalue weighted by Gasteiger charge is 2.41. The molecule has 2 aliphatic rings. The van der Waals surface area contributed by atoms with Gasteiger partial charge in [-0.15, -0.1) is 0 Å². The van der Waals surface area contributed by atoms with Crippen LogP contribution in [0.25, 0.3) is 0 Å². The lowest BCUT2D eigenvalue weighted by molar-refractivity contribution is 0.156. The highest BCUT2D eigenvalue weighted by molar-refractivity contribution is 7.85. The molecule has 1 aliphatic carbocycles. The highest BCUT2D eigenvalue weighted by atomic mass is 32.2. The van der Waals surface area contributed by atoms with E-state index in [1.807, 2.05) is 0 Å². The molecule has 0 spiro atoms. The van der Waals surface area contributed by atoms with Crippen LogP contribution in [0.2, 0.25) is 0 Å². The largest absolute Gasteiger partial charge is 0.309 e. The fourth-order valence-corrected chi connectivity index (χ4v) is 5.31. The molecule has 5 unspecified atom stereocenters. The van der Waals surface area contributed by atoms with Gasteiger partial charge in [0.05, 0.1) is 5.25 Å². The first kappa shape index (κ1) is 13.5. The van der Waals surface area contributed by atoms with Gasteiger partial charge in [0.25, 0.3) is 0 Å². The van der Waals surface area contributed by atoms with Crippen LogP contribution in [0.15, 0.2) is 0 Å². The van der Waals surface area contributed by atoms with Crippen molar-refractivity contribution in [3.8, 4) is 0 Å². The van der Waals surface area contributed by atoms with Gasteiger partial charge in [-0.25, -0.2) is 0 Å². The molecule has 2 rings (SSSR count). The van der Waals surface area contributed by atoms with Gasteiger partial charge in [0.15, 0.2) is 0 Å². The zero-order chi connectivity index (χ0) is 12.6. The van der Waals surface area contributed by atoms with E-state index < -0.39 is 10.8 Å². The predicted octanol–water partition coefficient (Wildman–Crippen LogP) is 2.70. The SMILES string of the molecule is CCC1CS(=O)C2CC(C(C)(C)C)CCC2N1. The second-order valence-electron chi connectivity index (χ2n) is 6.84. The van der Waals surface area contributed by atoms with Crippen molar-refractivity contribution in [3.63, 3.8) is 0 Å². The Labute approximate surface area is 108 Å². The van der Waals surface area contributed by atoms with E-state index in [0.29, 0.717) is 22.7 Å². The van der Waals surface area contributed by atoms with Crippen LogP contribution in [0.4, 0.5) is 0 Å². The number of nitrogens with one attached hydrogen (secondary N) is 1. The summed E-state index contributed by atoms with van der Waals surface area (Å²) in [7, 11) is -0.605. The Morgan fingerprint density at radius 1 is 1.29 bits per heavy atom. The summed E-state index contributed by atoms with van der Waals surface area (Å²) in [5, 5.41) is 4.13. The zero-order valence-corrected chi connectivity index (χ0v) is 12.5. The molecule has 2 nitrogen and oxygen atoms in total. The summed E-state index contributed by atoms with van der Waals surface area (Å²) >= 11 is 0. The zero-order valence-electron chi connectivity index (χ0n) is 11.7. The molecule has 0 aromatic carbocycles. The molecule has 100 valence electrons. The van der Waals surface area contributed by atoms with Crippen molar-refractivity contribution >= 4 is 10.8 Å². The number of hydrogen-bond donors (Lipinski definition) is 1. The van der Waals surface area contributed by atoms with Crippen LogP contribution < -0.4 is 5.32 Å². The molecule has 17 heavy (non-hydrogen) atoms. The molecule has 5 atom stereocenters. The number of rotatable bonds is 1. The number of fused-ring (bicyclic) bond motifs is 1. The topological polar surface area (TPSA) is 29.1 Å². The molecule has 1 aliphatic heterocycles. The molecule has 0 amide bonds. The normalized spacial score (nSPS) is 43.2. The quantitative estimate of drug-likeness (QED) is 0.782. The third kappa shape index (κ3) is 2.93. The van der Waals surface area contributed by atoms with Gasteiger partial charge in [-0.1, -0.05) is 27.7 Å². The minimum absolute atomic E-state index is 0.372. The van der Waals surface area contributed by atoms with Crippen molar-refractivity contribution in [2.45, 2.75) is 70.7 Å². The van der Waals surface area contributed by atoms with Crippen LogP contribution in [0.1, 0.15) is 53.4 Å². The maximum atomic E-state index is 12.3. The molecule has 2 fully saturated rings. The van der Waals surface area contributed by atoms with Gasteiger partial charge in [0.2, 0.25) is 0 Å². The van der Waals surface area contributed by atoms with E-state index in [0.717, 1.165) is 24.5 Å². The smallest absolute Gasteiger partial charge is 0.0504 e. The van der Waals surface area contributed by atoms with Crippen molar-refractivity contribution in [1.82, 2.24) is 5.32 Å². The Morgan fingerprint density at radius 2 is 2.00 bits per heavy atom. The van der Waals surface area contributed by atoms with E-state index in [1.165, 1.54) is 12.8 Å². The van der Waals surface area contributed by atoms with Crippen LogP contribution >= 0.6 is 0 Å². The molecule has 1 saturated heterocycles. The first-order valence-corrected chi connectivity index (χ1v) is 8.43. The molecule has 0 aromatic heterocycles. The van der Waals surface area contributed by atoms with E-state index in [-0.39, 0.29) is 0 Å². The summed E-state index contributed by atoms with van der Waals surface area (Å²) in [6, 6.07) is 1.01. The first-order valence-electron chi connectivity index (χ1n) is 7.05. The van der Waals surface area contributed by atoms with E-state index in [4.69, 9.17) is 0 Å². The Kier molecular flexibility index (Phi) is 3.99. The lowest BCUT2D eigenvalue weighted by atomic mass is 9.71. The van der Waals surface area contributed by atoms with Gasteiger partial charge in [0.1, 0.15) is 0 Å². The fourth-order valence-electron chi connectivity index (χ4n) is 3.31. The summed E-state index contributed by atoms with van der Waals surface area (Å²) < 4.78 is 12.3. The lowest BCUT2D eigenvalue weighted by Crippen LogP contribution is -2.57. The Bertz CT molecular complexity index is 297. The molecule has 0 radical (unpaired) electrons. The van der Waals surface area contributed by atoms with E-state index in [9.17, 15) is 4.21 Å². The summed E-state index contributed by atoms with van der Waals surface area (Å²) in [6.07, 6.45) is 4.78. The van der Waals surface area contributed by atoms with Crippen molar-refractivity contribution in [1.29, 1.82) is 0 Å². The van der Waals surface area contributed by atoms with Crippen molar-refractivity contribution in [3.05, 3.63) is 0 Å². The van der Waals surface area contributed by atoms with Crippen LogP contribution in [0.5, 0.6) is 0 Å². The highest BCUT2D eigenvalue weighted by Crippen LogP contribution is 2.40. The van der Waals surface area contributed by atoms with E-state index in [2.05, 4.69) is 33.0 Å².